The van der Waals surface area contributed by atoms with Gasteiger partial charge in [-0.05, 0) is 23.6 Å². The fourth-order valence-corrected chi connectivity index (χ4v) is 4.67. The Morgan fingerprint density at radius 1 is 1.07 bits per heavy atom. The van der Waals surface area contributed by atoms with E-state index in [2.05, 4.69) is 0 Å². The Balaban J connectivity index is 3.40. The monoisotopic (exact) mass is 442 g/mol. The first-order chi connectivity index (χ1) is 12.6. The van der Waals surface area contributed by atoms with Crippen LogP contribution >= 0.6 is 11.6 Å². The van der Waals surface area contributed by atoms with E-state index in [4.69, 9.17) is 11.6 Å². The number of hydrogen-bond donors (Lipinski definition) is 0. The van der Waals surface area contributed by atoms with Gasteiger partial charge in [-0.25, -0.2) is 8.42 Å². The lowest BCUT2D eigenvalue weighted by Gasteiger charge is -2.31. The van der Waals surface area contributed by atoms with Crippen molar-refractivity contribution in [3.63, 3.8) is 0 Å². The molecule has 0 saturated carbocycles. The summed E-state index contributed by atoms with van der Waals surface area (Å²) in [6.45, 7) is 7.24. The molecule has 0 aliphatic heterocycles. The van der Waals surface area contributed by atoms with Gasteiger partial charge in [0.1, 0.15) is 11.4 Å². The highest BCUT2D eigenvalue weighted by Crippen LogP contribution is 2.28. The standard InChI is InChI=1S/C18H26ClF3N2O3S/c1-6-24(7-2)28(26,27)15-10-13(8-9-14(15)19)16(25)23(11-17(3,4)5)12-18(20,21)22/h8-10H,6-7,11-12H2,1-5H3. The summed E-state index contributed by atoms with van der Waals surface area (Å²) in [6, 6.07) is 3.50. The van der Waals surface area contributed by atoms with Crippen molar-refractivity contribution in [2.45, 2.75) is 45.7 Å². The van der Waals surface area contributed by atoms with Gasteiger partial charge in [0.05, 0.1) is 5.02 Å². The molecule has 0 spiro atoms. The van der Waals surface area contributed by atoms with Crippen LogP contribution in [0.25, 0.3) is 0 Å². The lowest BCUT2D eigenvalue weighted by molar-refractivity contribution is -0.142. The lowest BCUT2D eigenvalue weighted by atomic mass is 9.95. The van der Waals surface area contributed by atoms with Crippen LogP contribution in [0.2, 0.25) is 5.02 Å². The number of benzene rings is 1. The van der Waals surface area contributed by atoms with Crippen LogP contribution in [-0.2, 0) is 10.0 Å². The normalized spacial score (nSPS) is 13.1. The third kappa shape index (κ3) is 6.63. The molecule has 28 heavy (non-hydrogen) atoms. The SMILES string of the molecule is CCN(CC)S(=O)(=O)c1cc(C(=O)N(CC(C)(C)C)CC(F)(F)F)ccc1Cl. The third-order valence-electron chi connectivity index (χ3n) is 3.82. The van der Waals surface area contributed by atoms with E-state index in [1.807, 2.05) is 0 Å². The van der Waals surface area contributed by atoms with Crippen molar-refractivity contribution in [2.24, 2.45) is 5.41 Å². The minimum atomic E-state index is -4.58. The highest BCUT2D eigenvalue weighted by molar-refractivity contribution is 7.89. The van der Waals surface area contributed by atoms with Crippen LogP contribution in [0.15, 0.2) is 23.1 Å². The molecule has 5 nitrogen and oxygen atoms in total. The lowest BCUT2D eigenvalue weighted by Crippen LogP contribution is -2.43. The largest absolute Gasteiger partial charge is 0.406 e. The van der Waals surface area contributed by atoms with Crippen molar-refractivity contribution < 1.29 is 26.4 Å². The molecular weight excluding hydrogens is 417 g/mol. The zero-order valence-corrected chi connectivity index (χ0v) is 18.2. The van der Waals surface area contributed by atoms with E-state index >= 15 is 0 Å². The quantitative estimate of drug-likeness (QED) is 0.628. The van der Waals surface area contributed by atoms with E-state index in [1.165, 1.54) is 12.1 Å². The summed E-state index contributed by atoms with van der Waals surface area (Å²) in [5.41, 5.74) is -0.743. The maximum Gasteiger partial charge on any atom is 0.406 e. The van der Waals surface area contributed by atoms with Gasteiger partial charge in [0.2, 0.25) is 10.0 Å². The summed E-state index contributed by atoms with van der Waals surface area (Å²) >= 11 is 6.03. The number of carbonyl (C=O) groups excluding carboxylic acids is 1. The molecule has 0 radical (unpaired) electrons. The van der Waals surface area contributed by atoms with Crippen LogP contribution in [0.5, 0.6) is 0 Å². The Bertz CT molecular complexity index is 785. The zero-order valence-electron chi connectivity index (χ0n) is 16.6. The van der Waals surface area contributed by atoms with Crippen LogP contribution in [0.1, 0.15) is 45.0 Å². The van der Waals surface area contributed by atoms with Gasteiger partial charge >= 0.3 is 6.18 Å². The first-order valence-electron chi connectivity index (χ1n) is 8.78. The summed E-state index contributed by atoms with van der Waals surface area (Å²) in [6.07, 6.45) is -4.58. The molecule has 1 rings (SSSR count). The number of nitrogens with zero attached hydrogens (tertiary/aromatic N) is 2. The van der Waals surface area contributed by atoms with Gasteiger partial charge in [-0.1, -0.05) is 46.2 Å². The molecule has 1 aromatic rings. The number of alkyl halides is 3. The van der Waals surface area contributed by atoms with E-state index in [9.17, 15) is 26.4 Å². The van der Waals surface area contributed by atoms with E-state index in [0.717, 1.165) is 10.4 Å². The second-order valence-electron chi connectivity index (χ2n) is 7.57. The molecule has 0 aromatic heterocycles. The van der Waals surface area contributed by atoms with E-state index in [1.54, 1.807) is 34.6 Å². The molecule has 0 saturated heterocycles. The molecule has 0 atom stereocenters. The molecule has 0 heterocycles. The van der Waals surface area contributed by atoms with E-state index in [-0.39, 0.29) is 35.1 Å². The maximum atomic E-state index is 13.0. The summed E-state index contributed by atoms with van der Waals surface area (Å²) in [5, 5.41) is -0.0957. The zero-order chi connectivity index (χ0) is 21.9. The second kappa shape index (κ2) is 9.00. The molecule has 160 valence electrons. The highest BCUT2D eigenvalue weighted by atomic mass is 35.5. The van der Waals surface area contributed by atoms with Crippen molar-refractivity contribution in [1.29, 1.82) is 0 Å². The average Bonchev–Trinajstić information content (AvgIpc) is 2.52. The Morgan fingerprint density at radius 3 is 2.04 bits per heavy atom. The summed E-state index contributed by atoms with van der Waals surface area (Å²) in [5.74, 6) is -0.903. The summed E-state index contributed by atoms with van der Waals surface area (Å²) in [7, 11) is -3.98. The van der Waals surface area contributed by atoms with Crippen LogP contribution in [-0.4, -0.2) is 55.9 Å². The fraction of sp³-hybridized carbons (Fsp3) is 0.611. The van der Waals surface area contributed by atoms with E-state index in [0.29, 0.717) is 4.90 Å². The average molecular weight is 443 g/mol. The number of amides is 1. The minimum absolute atomic E-state index is 0.0957. The van der Waals surface area contributed by atoms with Crippen LogP contribution in [0.4, 0.5) is 13.2 Å². The molecule has 0 fully saturated rings. The third-order valence-corrected chi connectivity index (χ3v) is 6.36. The first-order valence-corrected chi connectivity index (χ1v) is 10.6. The van der Waals surface area contributed by atoms with E-state index < -0.39 is 34.1 Å². The maximum absolute atomic E-state index is 13.0. The molecule has 0 aliphatic carbocycles. The molecule has 0 aliphatic rings. The van der Waals surface area contributed by atoms with Crippen LogP contribution in [0.3, 0.4) is 0 Å². The number of hydrogen-bond acceptors (Lipinski definition) is 3. The summed E-state index contributed by atoms with van der Waals surface area (Å²) in [4.78, 5) is 13.2. The molecule has 1 amide bonds. The van der Waals surface area contributed by atoms with Gasteiger partial charge in [0.15, 0.2) is 0 Å². The van der Waals surface area contributed by atoms with Gasteiger partial charge in [0.25, 0.3) is 5.91 Å². The second-order valence-corrected chi connectivity index (χ2v) is 9.89. The number of sulfonamides is 1. The fourth-order valence-electron chi connectivity index (χ4n) is 2.71. The molecule has 0 bridgehead atoms. The van der Waals surface area contributed by atoms with Crippen molar-refractivity contribution in [3.05, 3.63) is 28.8 Å². The van der Waals surface area contributed by atoms with Gasteiger partial charge in [0, 0.05) is 25.2 Å². The highest BCUT2D eigenvalue weighted by Gasteiger charge is 2.35. The van der Waals surface area contributed by atoms with Crippen LogP contribution in [0, 0.1) is 5.41 Å². The predicted octanol–water partition coefficient (Wildman–Crippen LogP) is 4.42. The smallest absolute Gasteiger partial charge is 0.329 e. The van der Waals surface area contributed by atoms with Gasteiger partial charge < -0.3 is 4.90 Å². The van der Waals surface area contributed by atoms with Crippen molar-refractivity contribution in [1.82, 2.24) is 9.21 Å². The van der Waals surface area contributed by atoms with Crippen molar-refractivity contribution >= 4 is 27.5 Å². The van der Waals surface area contributed by atoms with Gasteiger partial charge in [-0.3, -0.25) is 4.79 Å². The Hall–Kier alpha value is -1.32. The summed E-state index contributed by atoms with van der Waals surface area (Å²) < 4.78 is 65.6. The molecule has 10 heteroatoms. The number of carbonyl (C=O) groups is 1. The number of rotatable bonds is 7. The Kier molecular flexibility index (Phi) is 7.95. The Morgan fingerprint density at radius 2 is 1.61 bits per heavy atom. The van der Waals surface area contributed by atoms with Crippen LogP contribution < -0.4 is 0 Å². The molecule has 0 N–H and O–H groups in total. The minimum Gasteiger partial charge on any atom is -0.329 e. The topological polar surface area (TPSA) is 57.7 Å². The first kappa shape index (κ1) is 24.7. The van der Waals surface area contributed by atoms with Gasteiger partial charge in [-0.2, -0.15) is 17.5 Å². The van der Waals surface area contributed by atoms with Crippen molar-refractivity contribution in [3.8, 4) is 0 Å². The van der Waals surface area contributed by atoms with Gasteiger partial charge in [-0.15, -0.1) is 0 Å². The predicted molar refractivity (Wildman–Crippen MR) is 103 cm³/mol. The molecule has 0 unspecified atom stereocenters. The number of halogens is 4. The molecular formula is C18H26ClF3N2O3S. The molecule has 1 aromatic carbocycles. The van der Waals surface area contributed by atoms with Crippen molar-refractivity contribution in [2.75, 3.05) is 26.2 Å². The Labute approximate surface area is 169 Å².